The van der Waals surface area contributed by atoms with E-state index in [9.17, 15) is 4.79 Å². The van der Waals surface area contributed by atoms with Crippen molar-refractivity contribution in [2.45, 2.75) is 83.7 Å². The molecule has 1 N–H and O–H groups in total. The zero-order valence-corrected chi connectivity index (χ0v) is 12.3. The van der Waals surface area contributed by atoms with E-state index < -0.39 is 5.54 Å². The molecule has 0 aromatic heterocycles. The zero-order chi connectivity index (χ0) is 13.4. The second kappa shape index (κ2) is 7.78. The maximum absolute atomic E-state index is 12.3. The first-order valence-corrected chi connectivity index (χ1v) is 7.63. The number of esters is 1. The van der Waals surface area contributed by atoms with Crippen molar-refractivity contribution in [1.82, 2.24) is 5.32 Å². The predicted octanol–water partition coefficient (Wildman–Crippen LogP) is 3.42. The van der Waals surface area contributed by atoms with Crippen LogP contribution in [-0.4, -0.2) is 24.2 Å². The monoisotopic (exact) mass is 255 g/mol. The molecule has 0 aromatic rings. The summed E-state index contributed by atoms with van der Waals surface area (Å²) in [7, 11) is 0. The van der Waals surface area contributed by atoms with E-state index >= 15 is 0 Å². The van der Waals surface area contributed by atoms with Crippen molar-refractivity contribution in [3.8, 4) is 0 Å². The Balaban J connectivity index is 2.70. The second-order valence-corrected chi connectivity index (χ2v) is 5.39. The Hall–Kier alpha value is -0.570. The molecule has 0 spiro atoms. The van der Waals surface area contributed by atoms with Crippen LogP contribution in [0, 0.1) is 0 Å². The van der Waals surface area contributed by atoms with Gasteiger partial charge in [0.05, 0.1) is 6.61 Å². The molecular formula is C15H29NO2. The van der Waals surface area contributed by atoms with Gasteiger partial charge in [0.15, 0.2) is 0 Å². The van der Waals surface area contributed by atoms with Crippen molar-refractivity contribution in [2.75, 3.05) is 6.61 Å². The fourth-order valence-corrected chi connectivity index (χ4v) is 2.99. The summed E-state index contributed by atoms with van der Waals surface area (Å²) < 4.78 is 5.29. The summed E-state index contributed by atoms with van der Waals surface area (Å²) >= 11 is 0. The Morgan fingerprint density at radius 2 is 1.89 bits per heavy atom. The fourth-order valence-electron chi connectivity index (χ4n) is 2.99. The molecule has 0 radical (unpaired) electrons. The lowest BCUT2D eigenvalue weighted by molar-refractivity contribution is -0.152. The molecule has 0 bridgehead atoms. The molecule has 3 nitrogen and oxygen atoms in total. The minimum Gasteiger partial charge on any atom is -0.465 e. The summed E-state index contributed by atoms with van der Waals surface area (Å²) in [5.41, 5.74) is -0.452. The van der Waals surface area contributed by atoms with Gasteiger partial charge in [-0.15, -0.1) is 0 Å². The lowest BCUT2D eigenvalue weighted by atomic mass is 9.86. The van der Waals surface area contributed by atoms with Gasteiger partial charge in [0.2, 0.25) is 0 Å². The van der Waals surface area contributed by atoms with Crippen molar-refractivity contribution >= 4 is 5.97 Å². The molecular weight excluding hydrogens is 226 g/mol. The van der Waals surface area contributed by atoms with E-state index in [1.54, 1.807) is 0 Å². The molecule has 1 fully saturated rings. The first kappa shape index (κ1) is 15.5. The maximum atomic E-state index is 12.3. The topological polar surface area (TPSA) is 38.3 Å². The average Bonchev–Trinajstić information content (AvgIpc) is 2.39. The Kier molecular flexibility index (Phi) is 6.69. The zero-order valence-electron chi connectivity index (χ0n) is 12.3. The molecule has 0 heterocycles. The van der Waals surface area contributed by atoms with Crippen molar-refractivity contribution in [3.63, 3.8) is 0 Å². The number of rotatable bonds is 7. The largest absolute Gasteiger partial charge is 0.465 e. The van der Waals surface area contributed by atoms with Gasteiger partial charge in [-0.3, -0.25) is 10.1 Å². The smallest absolute Gasteiger partial charge is 0.326 e. The highest BCUT2D eigenvalue weighted by atomic mass is 16.5. The summed E-state index contributed by atoms with van der Waals surface area (Å²) in [6, 6.07) is 0.495. The van der Waals surface area contributed by atoms with Gasteiger partial charge in [0.1, 0.15) is 5.54 Å². The van der Waals surface area contributed by atoms with Gasteiger partial charge in [-0.1, -0.05) is 39.5 Å². The number of hydrogen-bond acceptors (Lipinski definition) is 3. The summed E-state index contributed by atoms with van der Waals surface area (Å²) in [5.74, 6) is -0.0556. The molecule has 0 aliphatic heterocycles. The van der Waals surface area contributed by atoms with Gasteiger partial charge in [-0.25, -0.2) is 0 Å². The van der Waals surface area contributed by atoms with E-state index in [2.05, 4.69) is 19.2 Å². The quantitative estimate of drug-likeness (QED) is 0.708. The fraction of sp³-hybridized carbons (Fsp3) is 0.933. The first-order valence-electron chi connectivity index (χ1n) is 7.63. The van der Waals surface area contributed by atoms with Crippen molar-refractivity contribution in [2.24, 2.45) is 0 Å². The normalized spacial score (nSPS) is 20.4. The molecule has 0 aromatic carbocycles. The van der Waals surface area contributed by atoms with E-state index in [0.29, 0.717) is 12.6 Å². The van der Waals surface area contributed by atoms with E-state index in [1.165, 1.54) is 32.1 Å². The molecule has 1 atom stereocenters. The molecule has 1 saturated carbocycles. The van der Waals surface area contributed by atoms with Crippen LogP contribution in [0.25, 0.3) is 0 Å². The van der Waals surface area contributed by atoms with Crippen LogP contribution < -0.4 is 5.32 Å². The van der Waals surface area contributed by atoms with Crippen LogP contribution in [0.2, 0.25) is 0 Å². The number of nitrogens with one attached hydrogen (secondary N) is 1. The van der Waals surface area contributed by atoms with Gasteiger partial charge in [-0.2, -0.15) is 0 Å². The molecule has 106 valence electrons. The van der Waals surface area contributed by atoms with Crippen LogP contribution in [0.15, 0.2) is 0 Å². The van der Waals surface area contributed by atoms with Crippen LogP contribution in [0.4, 0.5) is 0 Å². The average molecular weight is 255 g/mol. The lowest BCUT2D eigenvalue weighted by Gasteiger charge is -2.36. The summed E-state index contributed by atoms with van der Waals surface area (Å²) in [5, 5.41) is 3.63. The Labute approximate surface area is 112 Å². The van der Waals surface area contributed by atoms with E-state index in [1.807, 2.05) is 6.92 Å². The molecule has 1 unspecified atom stereocenters. The molecule has 1 aliphatic carbocycles. The molecule has 1 aliphatic rings. The minimum atomic E-state index is -0.452. The number of hydrogen-bond donors (Lipinski definition) is 1. The third-order valence-electron chi connectivity index (χ3n) is 4.03. The van der Waals surface area contributed by atoms with E-state index in [-0.39, 0.29) is 5.97 Å². The van der Waals surface area contributed by atoms with Gasteiger partial charge < -0.3 is 4.74 Å². The van der Waals surface area contributed by atoms with Crippen LogP contribution >= 0.6 is 0 Å². The number of carbonyl (C=O) groups is 1. The molecule has 0 amide bonds. The third-order valence-corrected chi connectivity index (χ3v) is 4.03. The van der Waals surface area contributed by atoms with Gasteiger partial charge in [0, 0.05) is 6.04 Å². The SMILES string of the molecule is CCCC(CC)(NC1CCCCC1)C(=O)OCC. The molecule has 1 rings (SSSR count). The van der Waals surface area contributed by atoms with Gasteiger partial charge in [-0.05, 0) is 32.6 Å². The molecule has 3 heteroatoms. The highest BCUT2D eigenvalue weighted by Crippen LogP contribution is 2.25. The highest BCUT2D eigenvalue weighted by Gasteiger charge is 2.39. The second-order valence-electron chi connectivity index (χ2n) is 5.39. The summed E-state index contributed by atoms with van der Waals surface area (Å²) in [4.78, 5) is 12.3. The van der Waals surface area contributed by atoms with Crippen LogP contribution in [0.1, 0.15) is 72.1 Å². The maximum Gasteiger partial charge on any atom is 0.326 e. The third kappa shape index (κ3) is 3.98. The predicted molar refractivity (Wildman–Crippen MR) is 74.6 cm³/mol. The van der Waals surface area contributed by atoms with Crippen molar-refractivity contribution in [3.05, 3.63) is 0 Å². The van der Waals surface area contributed by atoms with Gasteiger partial charge >= 0.3 is 5.97 Å². The van der Waals surface area contributed by atoms with Crippen LogP contribution in [0.3, 0.4) is 0 Å². The highest BCUT2D eigenvalue weighted by molar-refractivity contribution is 5.80. The van der Waals surface area contributed by atoms with Gasteiger partial charge in [0.25, 0.3) is 0 Å². The molecule has 0 saturated heterocycles. The van der Waals surface area contributed by atoms with E-state index in [0.717, 1.165) is 19.3 Å². The minimum absolute atomic E-state index is 0.0556. The number of ether oxygens (including phenoxy) is 1. The number of carbonyl (C=O) groups excluding carboxylic acids is 1. The van der Waals surface area contributed by atoms with Crippen LogP contribution in [-0.2, 0) is 9.53 Å². The first-order chi connectivity index (χ1) is 8.68. The van der Waals surface area contributed by atoms with E-state index in [4.69, 9.17) is 4.74 Å². The molecule has 18 heavy (non-hydrogen) atoms. The van der Waals surface area contributed by atoms with Crippen molar-refractivity contribution < 1.29 is 9.53 Å². The Morgan fingerprint density at radius 3 is 2.39 bits per heavy atom. The summed E-state index contributed by atoms with van der Waals surface area (Å²) in [6.45, 7) is 6.57. The summed E-state index contributed by atoms with van der Waals surface area (Å²) in [6.07, 6.45) is 9.00. The van der Waals surface area contributed by atoms with Crippen molar-refractivity contribution in [1.29, 1.82) is 0 Å². The standard InChI is InChI=1S/C15H29NO2/c1-4-12-15(5-2,14(17)18-6-3)16-13-10-8-7-9-11-13/h13,16H,4-12H2,1-3H3. The Morgan fingerprint density at radius 1 is 1.22 bits per heavy atom. The van der Waals surface area contributed by atoms with Crippen LogP contribution in [0.5, 0.6) is 0 Å². The Bertz CT molecular complexity index is 249. The lowest BCUT2D eigenvalue weighted by Crippen LogP contribution is -2.56.